The van der Waals surface area contributed by atoms with Gasteiger partial charge in [-0.15, -0.1) is 0 Å². The molecule has 1 aromatic rings. The van der Waals surface area contributed by atoms with E-state index in [1.807, 2.05) is 24.3 Å². The molecule has 2 rings (SSSR count). The normalized spacial score (nSPS) is 20.1. The number of methoxy groups -OCH3 is 1. The third-order valence-corrected chi connectivity index (χ3v) is 3.76. The van der Waals surface area contributed by atoms with Gasteiger partial charge in [-0.25, -0.2) is 5.43 Å². The van der Waals surface area contributed by atoms with Crippen molar-refractivity contribution in [3.8, 4) is 5.75 Å². The summed E-state index contributed by atoms with van der Waals surface area (Å²) in [7, 11) is 1.61. The molecule has 1 atom stereocenters. The van der Waals surface area contributed by atoms with Crippen molar-refractivity contribution in [2.24, 2.45) is 11.0 Å². The monoisotopic (exact) mass is 289 g/mol. The van der Waals surface area contributed by atoms with E-state index in [0.717, 1.165) is 30.0 Å². The molecule has 0 aromatic heterocycles. The molecule has 1 fully saturated rings. The molecule has 21 heavy (non-hydrogen) atoms. The molecule has 0 aliphatic heterocycles. The summed E-state index contributed by atoms with van der Waals surface area (Å²) in [6.45, 7) is 2.34. The average Bonchev–Trinajstić information content (AvgIpc) is 2.52. The molecular formula is C16H23N3O2. The molecule has 0 radical (unpaired) electrons. The highest BCUT2D eigenvalue weighted by molar-refractivity contribution is 5.89. The average molecular weight is 289 g/mol. The van der Waals surface area contributed by atoms with Gasteiger partial charge in [-0.3, -0.25) is 4.79 Å². The summed E-state index contributed by atoms with van der Waals surface area (Å²) in [5.41, 5.74) is 4.54. The van der Waals surface area contributed by atoms with Crippen molar-refractivity contribution in [2.45, 2.75) is 32.6 Å². The summed E-state index contributed by atoms with van der Waals surface area (Å²) in [5, 5.41) is 7.32. The lowest BCUT2D eigenvalue weighted by molar-refractivity contribution is -0.119. The summed E-state index contributed by atoms with van der Waals surface area (Å²) < 4.78 is 5.23. The first-order valence-electron chi connectivity index (χ1n) is 7.43. The van der Waals surface area contributed by atoms with E-state index >= 15 is 0 Å². The molecule has 1 saturated carbocycles. The van der Waals surface area contributed by atoms with Crippen molar-refractivity contribution in [2.75, 3.05) is 19.0 Å². The molecule has 1 amide bonds. The van der Waals surface area contributed by atoms with E-state index in [4.69, 9.17) is 4.74 Å². The quantitative estimate of drug-likeness (QED) is 0.819. The highest BCUT2D eigenvalue weighted by Crippen LogP contribution is 2.22. The SMILES string of the molecule is COc1ccccc1NCC(=O)N/N=C1\CCCC[C@@H]1C. The van der Waals surface area contributed by atoms with E-state index in [1.54, 1.807) is 7.11 Å². The predicted octanol–water partition coefficient (Wildman–Crippen LogP) is 2.79. The molecule has 0 unspecified atom stereocenters. The molecule has 0 saturated heterocycles. The van der Waals surface area contributed by atoms with Gasteiger partial charge in [0.05, 0.1) is 19.3 Å². The standard InChI is InChI=1S/C16H23N3O2/c1-12-7-3-4-8-13(12)18-19-16(20)11-17-14-9-5-6-10-15(14)21-2/h5-6,9-10,12,17H,3-4,7-8,11H2,1-2H3,(H,19,20)/b18-13+/t12-/m0/s1. The zero-order chi connectivity index (χ0) is 15.1. The number of rotatable bonds is 5. The van der Waals surface area contributed by atoms with Crippen molar-refractivity contribution < 1.29 is 9.53 Å². The number of benzene rings is 1. The Kier molecular flexibility index (Phi) is 5.60. The van der Waals surface area contributed by atoms with E-state index in [-0.39, 0.29) is 12.5 Å². The van der Waals surface area contributed by atoms with E-state index < -0.39 is 0 Å². The van der Waals surface area contributed by atoms with E-state index in [0.29, 0.717) is 5.92 Å². The largest absolute Gasteiger partial charge is 0.495 e. The lowest BCUT2D eigenvalue weighted by Crippen LogP contribution is -2.29. The fourth-order valence-corrected chi connectivity index (χ4v) is 2.48. The Hall–Kier alpha value is -2.04. The van der Waals surface area contributed by atoms with Crippen LogP contribution in [-0.4, -0.2) is 25.3 Å². The zero-order valence-electron chi connectivity index (χ0n) is 12.7. The summed E-state index contributed by atoms with van der Waals surface area (Å²) in [6.07, 6.45) is 4.57. The van der Waals surface area contributed by atoms with Crippen LogP contribution in [0, 0.1) is 5.92 Å². The van der Waals surface area contributed by atoms with Crippen molar-refractivity contribution in [1.29, 1.82) is 0 Å². The number of carbonyl (C=O) groups excluding carboxylic acids is 1. The molecular weight excluding hydrogens is 266 g/mol. The Bertz CT molecular complexity index is 514. The number of carbonyl (C=O) groups is 1. The summed E-state index contributed by atoms with van der Waals surface area (Å²) in [5.74, 6) is 1.05. The van der Waals surface area contributed by atoms with Gasteiger partial charge in [0.2, 0.25) is 0 Å². The van der Waals surface area contributed by atoms with Gasteiger partial charge in [0.25, 0.3) is 5.91 Å². The van der Waals surface area contributed by atoms with Crippen LogP contribution in [0.25, 0.3) is 0 Å². The third kappa shape index (κ3) is 4.48. The Balaban J connectivity index is 1.83. The smallest absolute Gasteiger partial charge is 0.259 e. The second kappa shape index (κ2) is 7.67. The van der Waals surface area contributed by atoms with Crippen LogP contribution in [0.15, 0.2) is 29.4 Å². The highest BCUT2D eigenvalue weighted by Gasteiger charge is 2.16. The van der Waals surface area contributed by atoms with Crippen LogP contribution in [0.1, 0.15) is 32.6 Å². The van der Waals surface area contributed by atoms with Gasteiger partial charge >= 0.3 is 0 Å². The Morgan fingerprint density at radius 3 is 2.95 bits per heavy atom. The first-order chi connectivity index (χ1) is 10.2. The lowest BCUT2D eigenvalue weighted by atomic mass is 9.89. The number of hydrazone groups is 1. The minimum atomic E-state index is -0.147. The molecule has 1 aliphatic carbocycles. The Morgan fingerprint density at radius 2 is 2.19 bits per heavy atom. The van der Waals surface area contributed by atoms with Crippen LogP contribution in [0.2, 0.25) is 0 Å². The molecule has 0 heterocycles. The molecule has 5 nitrogen and oxygen atoms in total. The number of anilines is 1. The van der Waals surface area contributed by atoms with Gasteiger partial charge in [-0.1, -0.05) is 25.5 Å². The maximum absolute atomic E-state index is 11.8. The third-order valence-electron chi connectivity index (χ3n) is 3.76. The summed E-state index contributed by atoms with van der Waals surface area (Å²) >= 11 is 0. The second-order valence-corrected chi connectivity index (χ2v) is 5.34. The van der Waals surface area contributed by atoms with E-state index in [9.17, 15) is 4.79 Å². The van der Waals surface area contributed by atoms with Crippen LogP contribution in [0.4, 0.5) is 5.69 Å². The molecule has 0 spiro atoms. The number of hydrogen-bond acceptors (Lipinski definition) is 4. The fraction of sp³-hybridized carbons (Fsp3) is 0.500. The Morgan fingerprint density at radius 1 is 1.38 bits per heavy atom. The molecule has 0 bridgehead atoms. The van der Waals surface area contributed by atoms with Crippen molar-refractivity contribution in [3.05, 3.63) is 24.3 Å². The number of hydrogen-bond donors (Lipinski definition) is 2. The van der Waals surface area contributed by atoms with Crippen molar-refractivity contribution >= 4 is 17.3 Å². The minimum absolute atomic E-state index is 0.147. The number of para-hydroxylation sites is 2. The topological polar surface area (TPSA) is 62.7 Å². The molecule has 114 valence electrons. The van der Waals surface area contributed by atoms with Gasteiger partial charge in [-0.2, -0.15) is 5.10 Å². The summed E-state index contributed by atoms with van der Waals surface area (Å²) in [4.78, 5) is 11.8. The number of ether oxygens (including phenoxy) is 1. The van der Waals surface area contributed by atoms with Crippen LogP contribution < -0.4 is 15.5 Å². The maximum atomic E-state index is 11.8. The predicted molar refractivity (Wildman–Crippen MR) is 84.7 cm³/mol. The number of amides is 1. The highest BCUT2D eigenvalue weighted by atomic mass is 16.5. The molecule has 1 aromatic carbocycles. The van der Waals surface area contributed by atoms with Crippen LogP contribution in [0.3, 0.4) is 0 Å². The van der Waals surface area contributed by atoms with Crippen LogP contribution in [0.5, 0.6) is 5.75 Å². The van der Waals surface area contributed by atoms with E-state index in [2.05, 4.69) is 22.8 Å². The first kappa shape index (κ1) is 15.4. The van der Waals surface area contributed by atoms with Crippen molar-refractivity contribution in [1.82, 2.24) is 5.43 Å². The van der Waals surface area contributed by atoms with E-state index in [1.165, 1.54) is 12.8 Å². The van der Waals surface area contributed by atoms with Gasteiger partial charge in [-0.05, 0) is 37.3 Å². The van der Waals surface area contributed by atoms with Crippen LogP contribution in [-0.2, 0) is 4.79 Å². The van der Waals surface area contributed by atoms with Gasteiger partial charge in [0.15, 0.2) is 0 Å². The molecule has 1 aliphatic rings. The minimum Gasteiger partial charge on any atom is -0.495 e. The summed E-state index contributed by atoms with van der Waals surface area (Å²) in [6, 6.07) is 7.51. The first-order valence-corrected chi connectivity index (χ1v) is 7.43. The maximum Gasteiger partial charge on any atom is 0.259 e. The number of nitrogens with one attached hydrogen (secondary N) is 2. The molecule has 2 N–H and O–H groups in total. The fourth-order valence-electron chi connectivity index (χ4n) is 2.48. The van der Waals surface area contributed by atoms with Gasteiger partial charge < -0.3 is 10.1 Å². The van der Waals surface area contributed by atoms with Crippen LogP contribution >= 0.6 is 0 Å². The Labute approximate surface area is 125 Å². The lowest BCUT2D eigenvalue weighted by Gasteiger charge is -2.19. The van der Waals surface area contributed by atoms with Crippen molar-refractivity contribution in [3.63, 3.8) is 0 Å². The number of nitrogens with zero attached hydrogens (tertiary/aromatic N) is 1. The van der Waals surface area contributed by atoms with Gasteiger partial charge in [0.1, 0.15) is 5.75 Å². The van der Waals surface area contributed by atoms with Gasteiger partial charge in [0, 0.05) is 5.71 Å². The molecule has 5 heteroatoms. The second-order valence-electron chi connectivity index (χ2n) is 5.34. The zero-order valence-corrected chi connectivity index (χ0v) is 12.7.